The van der Waals surface area contributed by atoms with E-state index in [-0.39, 0.29) is 262 Å². The first kappa shape index (κ1) is 98.1. The van der Waals surface area contributed by atoms with Crippen molar-refractivity contribution in [2.75, 3.05) is 0 Å². The van der Waals surface area contributed by atoms with Crippen LogP contribution in [-0.2, 0) is 86.2 Å². The molecule has 0 amide bonds. The molecule has 10 heterocycles. The third-order valence-corrected chi connectivity index (χ3v) is 20.3. The van der Waals surface area contributed by atoms with Crippen LogP contribution in [0.2, 0.25) is 0 Å². The molecule has 0 aliphatic carbocycles. The van der Waals surface area contributed by atoms with E-state index in [1.54, 1.807) is 60.7 Å². The maximum absolute atomic E-state index is 12.7. The molecular formula is C81H39Cu2N16Na5O16S5. The first-order valence-electron chi connectivity index (χ1n) is 34.3. The van der Waals surface area contributed by atoms with Crippen molar-refractivity contribution >= 4 is 165 Å². The average molecular weight is 1890 g/mol. The van der Waals surface area contributed by atoms with E-state index in [0.717, 1.165) is 27.8 Å². The summed E-state index contributed by atoms with van der Waals surface area (Å²) in [6.07, 6.45) is 7.96. The minimum atomic E-state index is -4.99. The SMILES string of the molecule is Cc1ccc(C=Cc2ccc3c(c2)-c2nc-3nc3[n-]c(nc4nc(nc5[n-]c(n2)c2ccc(S(=O)(=O)[O-])cc52)-c2ccc(Oc5ccc6c7nc8nc(nc9[n-]c(nc%10nc(nc([n-]7)c6c5)-c5cc(S(=O)(=O)[O-])ccc5-%10)c5cc(C=Cc6cc[c-]cc6)ccc95)-c5c[c-]ccc5-8)cc2-4)c2cc[c-]cc32)cc1.O=S(=O)=O.O=S(=O)=O.O=S(=O)=O.[Cu+2].[Cu+2].[Na+].[Na+].[Na+].[Na+].[Na+]. The number of benzene rings is 10. The Morgan fingerprint density at radius 2 is 0.608 bits per heavy atom. The molecule has 2 radical (unpaired) electrons. The minimum Gasteiger partial charge on any atom is -0.744 e. The largest absolute Gasteiger partial charge is 2.00 e. The molecule has 6 aromatic heterocycles. The van der Waals surface area contributed by atoms with Crippen LogP contribution < -0.4 is 172 Å². The van der Waals surface area contributed by atoms with Gasteiger partial charge in [-0.15, -0.1) is 54.2 Å². The summed E-state index contributed by atoms with van der Waals surface area (Å²) in [6, 6.07) is 65.7. The van der Waals surface area contributed by atoms with Crippen molar-refractivity contribution in [2.45, 2.75) is 16.7 Å². The third-order valence-electron chi connectivity index (χ3n) is 18.6. The summed E-state index contributed by atoms with van der Waals surface area (Å²) in [5, 5.41) is 4.07. The van der Waals surface area contributed by atoms with Crippen LogP contribution in [0.4, 0.5) is 0 Å². The van der Waals surface area contributed by atoms with Gasteiger partial charge in [0.15, 0.2) is 0 Å². The van der Waals surface area contributed by atoms with Crippen LogP contribution in [0.5, 0.6) is 11.5 Å². The Bertz CT molecular complexity index is 8080. The number of nitrogens with zero attached hydrogens (tertiary/aromatic N) is 16. The van der Waals surface area contributed by atoms with Crippen molar-refractivity contribution in [1.82, 2.24) is 79.7 Å². The Morgan fingerprint density at radius 3 is 1.12 bits per heavy atom. The molecule has 4 aliphatic rings. The van der Waals surface area contributed by atoms with Gasteiger partial charge in [0, 0.05) is 73.1 Å². The molecule has 0 atom stereocenters. The maximum atomic E-state index is 12.7. The van der Waals surface area contributed by atoms with Crippen molar-refractivity contribution in [3.05, 3.63) is 240 Å². The van der Waals surface area contributed by atoms with Gasteiger partial charge in [-0.2, -0.15) is 78.9 Å². The fourth-order valence-electron chi connectivity index (χ4n) is 13.4. The van der Waals surface area contributed by atoms with Crippen LogP contribution in [0.3, 0.4) is 0 Å². The van der Waals surface area contributed by atoms with Gasteiger partial charge in [-0.1, -0.05) is 102 Å². The van der Waals surface area contributed by atoms with Gasteiger partial charge >= 0.3 is 214 Å². The maximum Gasteiger partial charge on any atom is 2.00 e. The standard InChI is InChI=1S/C81H41N16O7S2.2Cu.5Na.3O3S/c1-41-15-17-43(18-16-41)20-22-45-24-30-55-61(36-45)77-89-71(55)85-68-52-13-7-8-14-53(52)69(83-68)87-78-62-37-46(26-32-57(62)73(93-78)94-80-64-39-48(105(98,99)100)27-33-58(64)74(90-77)95-80)104-47-25-31-56-63(38-47)79-92-72(56)86-67-51-12-6-5-11-50(51)66(82-67)84-70-54-29-23-44(21-19-42-9-3-2-4-10-42)35-60(54)76(88-70)91-75-59-34-28-49(106(101,102)103)40-65(59)81(96-75)97-79;;;;;;;;3*1-4(2)3/h3-4,6,8-40H,1H3,(H2-4,82,83,84,85,86,87,88,89,90,91,92,93,94,95,96,97,98,99,100,101,102,103);;;;;;;;;;/q-7;2*+2;5*+1;;;/p-2. The molecule has 0 fully saturated rings. The fourth-order valence-corrected chi connectivity index (χ4v) is 14.4. The molecule has 0 spiro atoms. The van der Waals surface area contributed by atoms with Gasteiger partial charge in [0.25, 0.3) is 0 Å². The number of fused-ring (bicyclic) bond motifs is 40. The van der Waals surface area contributed by atoms with Crippen molar-refractivity contribution in [1.29, 1.82) is 0 Å². The van der Waals surface area contributed by atoms with Crippen LogP contribution in [0, 0.1) is 25.1 Å². The van der Waals surface area contributed by atoms with Crippen LogP contribution in [-0.4, -0.2) is 124 Å². The zero-order valence-electron chi connectivity index (χ0n) is 65.1. The van der Waals surface area contributed by atoms with E-state index < -0.39 is 61.9 Å². The van der Waals surface area contributed by atoms with E-state index in [1.165, 1.54) is 36.4 Å². The summed E-state index contributed by atoms with van der Waals surface area (Å²) in [5.41, 5.74) is 10.4. The van der Waals surface area contributed by atoms with Gasteiger partial charge in [0.05, 0.1) is 50.6 Å². The minimum absolute atomic E-state index is 0. The topological polar surface area (TPSA) is 488 Å². The van der Waals surface area contributed by atoms with Crippen LogP contribution in [0.1, 0.15) is 27.8 Å². The number of ether oxygens (including phenoxy) is 1. The van der Waals surface area contributed by atoms with Gasteiger partial charge in [-0.3, -0.25) is 4.98 Å². The molecule has 20 rings (SSSR count). The monoisotopic (exact) mass is 1890 g/mol. The van der Waals surface area contributed by atoms with Crippen LogP contribution in [0.25, 0.3) is 204 Å². The average Bonchev–Trinajstić information content (AvgIpc) is 1.59. The summed E-state index contributed by atoms with van der Waals surface area (Å²) >= 11 is 0. The number of hydrogen-bond donors (Lipinski definition) is 0. The molecule has 0 saturated heterocycles. The Kier molecular flexibility index (Phi) is 32.1. The molecule has 125 heavy (non-hydrogen) atoms. The molecule has 16 bridgehead atoms. The molecule has 10 aromatic carbocycles. The first-order chi connectivity index (χ1) is 56.7. The number of rotatable bonds is 8. The molecule has 32 nitrogen and oxygen atoms in total. The van der Waals surface area contributed by atoms with E-state index >= 15 is 0 Å². The zero-order chi connectivity index (χ0) is 82.0. The van der Waals surface area contributed by atoms with Crippen LogP contribution in [0.15, 0.2) is 204 Å². The Hall–Kier alpha value is -9.08. The summed E-state index contributed by atoms with van der Waals surface area (Å²) in [7, 11) is -19.3. The zero-order valence-corrected chi connectivity index (χ0v) is 81.1. The van der Waals surface area contributed by atoms with Gasteiger partial charge in [0.2, 0.25) is 0 Å². The number of hydrogen-bond acceptors (Lipinski definition) is 28. The normalized spacial score (nSPS) is 11.2. The van der Waals surface area contributed by atoms with E-state index in [1.807, 2.05) is 128 Å². The second-order valence-electron chi connectivity index (χ2n) is 25.9. The Morgan fingerprint density at radius 1 is 0.296 bits per heavy atom. The van der Waals surface area contributed by atoms with Crippen molar-refractivity contribution in [3.8, 4) is 103 Å². The summed E-state index contributed by atoms with van der Waals surface area (Å²) in [5.74, 6) is 2.18. The molecule has 4 aliphatic heterocycles. The summed E-state index contributed by atoms with van der Waals surface area (Å²) in [4.78, 5) is 79.6. The Labute approximate surface area is 843 Å². The van der Waals surface area contributed by atoms with E-state index in [2.05, 4.69) is 18.2 Å². The molecule has 0 unspecified atom stereocenters. The summed E-state index contributed by atoms with van der Waals surface area (Å²) in [6.45, 7) is 2.03. The molecule has 0 N–H and O–H groups in total. The predicted octanol–water partition coefficient (Wildman–Crippen LogP) is -3.78. The van der Waals surface area contributed by atoms with Crippen molar-refractivity contribution in [2.24, 2.45) is 0 Å². The summed E-state index contributed by atoms with van der Waals surface area (Å²) < 4.78 is 159. The van der Waals surface area contributed by atoms with Crippen molar-refractivity contribution in [3.63, 3.8) is 0 Å². The predicted molar refractivity (Wildman–Crippen MR) is 425 cm³/mol. The van der Waals surface area contributed by atoms with Crippen molar-refractivity contribution < 1.29 is 250 Å². The number of aromatic nitrogens is 16. The van der Waals surface area contributed by atoms with E-state index in [4.69, 9.17) is 122 Å². The van der Waals surface area contributed by atoms with E-state index in [0.29, 0.717) is 111 Å². The molecule has 44 heteroatoms. The van der Waals surface area contributed by atoms with Crippen LogP contribution >= 0.6 is 0 Å². The molecule has 16 aromatic rings. The second kappa shape index (κ2) is 40.9. The Balaban J connectivity index is 0.000000810. The van der Waals surface area contributed by atoms with Gasteiger partial charge in [0.1, 0.15) is 31.7 Å². The smallest absolute Gasteiger partial charge is 0.744 e. The first-order valence-corrected chi connectivity index (χ1v) is 40.2. The quantitative estimate of drug-likeness (QED) is 0.0610. The van der Waals surface area contributed by atoms with E-state index in [9.17, 15) is 25.9 Å². The third kappa shape index (κ3) is 21.2. The molecule has 0 saturated carbocycles. The van der Waals surface area contributed by atoms with Gasteiger partial charge in [-0.05, 0) is 140 Å². The molecule has 596 valence electrons. The van der Waals surface area contributed by atoms with Gasteiger partial charge < -0.3 is 73.7 Å². The molecular weight excluding hydrogens is 1860 g/mol. The second-order valence-corrected chi connectivity index (χ2v) is 29.9. The fraction of sp³-hybridized carbons (Fsp3) is 0.0123. The van der Waals surface area contributed by atoms with Gasteiger partial charge in [-0.25, -0.2) is 31.8 Å². The number of aryl methyl sites for hydroxylation is 1.